The van der Waals surface area contributed by atoms with E-state index in [-0.39, 0.29) is 17.8 Å². The molecule has 9 nitrogen and oxygen atoms in total. The zero-order chi connectivity index (χ0) is 22.7. The van der Waals surface area contributed by atoms with Crippen LogP contribution in [0.3, 0.4) is 0 Å². The highest BCUT2D eigenvalue weighted by molar-refractivity contribution is 5.70. The van der Waals surface area contributed by atoms with Gasteiger partial charge in [0.25, 0.3) is 11.2 Å². The van der Waals surface area contributed by atoms with Gasteiger partial charge in [-0.1, -0.05) is 49.4 Å². The molecule has 0 unspecified atom stereocenters. The molecule has 164 valence electrons. The van der Waals surface area contributed by atoms with E-state index in [0.29, 0.717) is 42.8 Å². The van der Waals surface area contributed by atoms with Gasteiger partial charge in [-0.3, -0.25) is 24.0 Å². The van der Waals surface area contributed by atoms with Gasteiger partial charge in [0, 0.05) is 31.6 Å². The lowest BCUT2D eigenvalue weighted by Gasteiger charge is -2.10. The van der Waals surface area contributed by atoms with Crippen LogP contribution in [0, 0.1) is 10.1 Å². The van der Waals surface area contributed by atoms with E-state index >= 15 is 0 Å². The van der Waals surface area contributed by atoms with Crippen LogP contribution in [-0.4, -0.2) is 24.0 Å². The van der Waals surface area contributed by atoms with E-state index in [1.807, 2.05) is 37.3 Å². The van der Waals surface area contributed by atoms with Crippen LogP contribution in [0.5, 0.6) is 0 Å². The van der Waals surface area contributed by atoms with E-state index < -0.39 is 10.6 Å². The monoisotopic (exact) mass is 433 g/mol. The van der Waals surface area contributed by atoms with E-state index in [2.05, 4.69) is 9.97 Å². The van der Waals surface area contributed by atoms with Crippen molar-refractivity contribution in [2.45, 2.75) is 39.3 Å². The number of nitrogens with zero attached hydrogens (tertiary/aromatic N) is 4. The minimum atomic E-state index is -0.446. The summed E-state index contributed by atoms with van der Waals surface area (Å²) in [7, 11) is 0. The molecule has 0 amide bonds. The Labute approximate surface area is 183 Å². The van der Waals surface area contributed by atoms with Gasteiger partial charge in [0.05, 0.1) is 4.92 Å². The topological polar surface area (TPSA) is 116 Å². The molecule has 9 heteroatoms. The Hall–Kier alpha value is -4.01. The summed E-state index contributed by atoms with van der Waals surface area (Å²) in [4.78, 5) is 44.4. The summed E-state index contributed by atoms with van der Waals surface area (Å²) in [6.45, 7) is 2.45. The highest BCUT2D eigenvalue weighted by Gasteiger charge is 2.17. The third-order valence-electron chi connectivity index (χ3n) is 5.32. The maximum absolute atomic E-state index is 13.1. The SMILES string of the molecule is CCCn1c(=O)c2[nH]c(Cc3ccccc3)nc2n(CCc2cccc([N+](=O)[O-])c2)c1=O. The van der Waals surface area contributed by atoms with E-state index in [1.54, 1.807) is 12.1 Å². The van der Waals surface area contributed by atoms with Crippen molar-refractivity contribution >= 4 is 16.9 Å². The van der Waals surface area contributed by atoms with Crippen molar-refractivity contribution in [2.24, 2.45) is 0 Å². The zero-order valence-corrected chi connectivity index (χ0v) is 17.7. The molecule has 1 N–H and O–H groups in total. The van der Waals surface area contributed by atoms with Gasteiger partial charge in [-0.25, -0.2) is 9.78 Å². The molecule has 0 saturated heterocycles. The fourth-order valence-corrected chi connectivity index (χ4v) is 3.78. The Kier molecular flexibility index (Phi) is 5.98. The molecule has 0 fully saturated rings. The molecule has 0 atom stereocenters. The van der Waals surface area contributed by atoms with Crippen LogP contribution in [0.1, 0.15) is 30.3 Å². The van der Waals surface area contributed by atoms with Crippen LogP contribution in [0.15, 0.2) is 64.2 Å². The van der Waals surface area contributed by atoms with E-state index in [1.165, 1.54) is 21.3 Å². The summed E-state index contributed by atoms with van der Waals surface area (Å²) in [5.74, 6) is 0.598. The van der Waals surface area contributed by atoms with Crippen molar-refractivity contribution in [1.29, 1.82) is 0 Å². The number of H-pyrrole nitrogens is 1. The first-order valence-corrected chi connectivity index (χ1v) is 10.5. The number of hydrogen-bond acceptors (Lipinski definition) is 5. The van der Waals surface area contributed by atoms with Crippen molar-refractivity contribution in [3.05, 3.63) is 103 Å². The fraction of sp³-hybridized carbons (Fsp3) is 0.261. The second-order valence-electron chi connectivity index (χ2n) is 7.61. The van der Waals surface area contributed by atoms with Gasteiger partial charge < -0.3 is 4.98 Å². The normalized spacial score (nSPS) is 11.2. The quantitative estimate of drug-likeness (QED) is 0.339. The van der Waals surface area contributed by atoms with E-state index in [0.717, 1.165) is 11.1 Å². The molecule has 0 radical (unpaired) electrons. The number of non-ortho nitro benzene ring substituents is 1. The minimum Gasteiger partial charge on any atom is -0.336 e. The Morgan fingerprint density at radius 3 is 2.47 bits per heavy atom. The third-order valence-corrected chi connectivity index (χ3v) is 5.32. The number of nitro benzene ring substituents is 1. The molecule has 2 heterocycles. The smallest absolute Gasteiger partial charge is 0.332 e. The minimum absolute atomic E-state index is 0.000800. The molecule has 0 bridgehead atoms. The predicted molar refractivity (Wildman–Crippen MR) is 121 cm³/mol. The lowest BCUT2D eigenvalue weighted by atomic mass is 10.1. The second kappa shape index (κ2) is 9.01. The van der Waals surface area contributed by atoms with Crippen molar-refractivity contribution < 1.29 is 4.92 Å². The largest absolute Gasteiger partial charge is 0.336 e. The predicted octanol–water partition coefficient (Wildman–Crippen LogP) is 3.04. The Balaban J connectivity index is 1.75. The Morgan fingerprint density at radius 1 is 1.00 bits per heavy atom. The highest BCUT2D eigenvalue weighted by atomic mass is 16.6. The van der Waals surface area contributed by atoms with E-state index in [4.69, 9.17) is 0 Å². The first-order chi connectivity index (χ1) is 15.5. The maximum Gasteiger partial charge on any atom is 0.332 e. The van der Waals surface area contributed by atoms with Crippen molar-refractivity contribution in [3.8, 4) is 0 Å². The number of nitrogens with one attached hydrogen (secondary N) is 1. The number of aromatic nitrogens is 4. The number of nitro groups is 1. The lowest BCUT2D eigenvalue weighted by molar-refractivity contribution is -0.384. The summed E-state index contributed by atoms with van der Waals surface area (Å²) in [6.07, 6.45) is 1.53. The van der Waals surface area contributed by atoms with Crippen LogP contribution >= 0.6 is 0 Å². The van der Waals surface area contributed by atoms with Gasteiger partial charge in [0.1, 0.15) is 11.3 Å². The lowest BCUT2D eigenvalue weighted by Crippen LogP contribution is -2.40. The molecule has 32 heavy (non-hydrogen) atoms. The second-order valence-corrected chi connectivity index (χ2v) is 7.61. The molecule has 2 aromatic heterocycles. The summed E-state index contributed by atoms with van der Waals surface area (Å²) in [6, 6.07) is 16.1. The van der Waals surface area contributed by atoms with Crippen molar-refractivity contribution in [2.75, 3.05) is 0 Å². The van der Waals surface area contributed by atoms with Gasteiger partial charge >= 0.3 is 5.69 Å². The molecule has 4 rings (SSSR count). The number of hydrogen-bond donors (Lipinski definition) is 1. The number of imidazole rings is 1. The summed E-state index contributed by atoms with van der Waals surface area (Å²) < 4.78 is 2.70. The van der Waals surface area contributed by atoms with Gasteiger partial charge in [-0.2, -0.15) is 0 Å². The number of rotatable bonds is 8. The molecule has 0 aliphatic carbocycles. The summed E-state index contributed by atoms with van der Waals surface area (Å²) in [5, 5.41) is 11.1. The molecule has 0 aliphatic rings. The third kappa shape index (κ3) is 4.22. The van der Waals surface area contributed by atoms with E-state index in [9.17, 15) is 19.7 Å². The van der Waals surface area contributed by atoms with Crippen LogP contribution in [0.2, 0.25) is 0 Å². The van der Waals surface area contributed by atoms with Gasteiger partial charge in [0.15, 0.2) is 5.65 Å². The molecule has 0 saturated carbocycles. The van der Waals surface area contributed by atoms with Gasteiger partial charge in [-0.15, -0.1) is 0 Å². The zero-order valence-electron chi connectivity index (χ0n) is 17.7. The van der Waals surface area contributed by atoms with Crippen LogP contribution < -0.4 is 11.2 Å². The highest BCUT2D eigenvalue weighted by Crippen LogP contribution is 2.15. The van der Waals surface area contributed by atoms with Gasteiger partial charge in [0.2, 0.25) is 0 Å². The molecule has 4 aromatic rings. The van der Waals surface area contributed by atoms with Crippen molar-refractivity contribution in [3.63, 3.8) is 0 Å². The average molecular weight is 433 g/mol. The summed E-state index contributed by atoms with van der Waals surface area (Å²) in [5.41, 5.74) is 1.56. The molecular formula is C23H23N5O4. The number of fused-ring (bicyclic) bond motifs is 1. The number of benzene rings is 2. The number of aryl methyl sites for hydroxylation is 2. The molecule has 0 aliphatic heterocycles. The Morgan fingerprint density at radius 2 is 1.75 bits per heavy atom. The first-order valence-electron chi connectivity index (χ1n) is 10.5. The molecule has 2 aromatic carbocycles. The maximum atomic E-state index is 13.1. The molecular weight excluding hydrogens is 410 g/mol. The van der Waals surface area contributed by atoms with Crippen LogP contribution in [-0.2, 0) is 25.9 Å². The van der Waals surface area contributed by atoms with Crippen molar-refractivity contribution in [1.82, 2.24) is 19.1 Å². The van der Waals surface area contributed by atoms with Gasteiger partial charge in [-0.05, 0) is 24.0 Å². The number of aromatic amines is 1. The summed E-state index contributed by atoms with van der Waals surface area (Å²) >= 11 is 0. The Bertz CT molecular complexity index is 1390. The van der Waals surface area contributed by atoms with Crippen LogP contribution in [0.25, 0.3) is 11.2 Å². The average Bonchev–Trinajstić information content (AvgIpc) is 3.21. The fourth-order valence-electron chi connectivity index (χ4n) is 3.78. The molecule has 0 spiro atoms. The standard InChI is InChI=1S/C23H23N5O4/c1-2-12-27-22(29)20-21(25-19(24-20)15-16-7-4-3-5-8-16)26(23(27)30)13-11-17-9-6-10-18(14-17)28(31)32/h3-10,14H,2,11-13,15H2,1H3,(H,24,25). The first kappa shape index (κ1) is 21.2. The van der Waals surface area contributed by atoms with Crippen LogP contribution in [0.4, 0.5) is 5.69 Å².